The van der Waals surface area contributed by atoms with Crippen LogP contribution in [-0.2, 0) is 6.42 Å². The van der Waals surface area contributed by atoms with Crippen LogP contribution in [0.3, 0.4) is 0 Å². The highest BCUT2D eigenvalue weighted by Gasteiger charge is 2.21. The molecule has 1 aromatic rings. The van der Waals surface area contributed by atoms with Crippen molar-refractivity contribution in [2.75, 3.05) is 7.05 Å². The third-order valence-electron chi connectivity index (χ3n) is 3.93. The molecule has 0 radical (unpaired) electrons. The van der Waals surface area contributed by atoms with Crippen molar-refractivity contribution >= 4 is 0 Å². The van der Waals surface area contributed by atoms with Crippen molar-refractivity contribution in [2.45, 2.75) is 71.9 Å². The number of rotatable bonds is 9. The molecule has 1 rings (SSSR count). The Labute approximate surface area is 118 Å². The van der Waals surface area contributed by atoms with Gasteiger partial charge in [0.2, 0.25) is 0 Å². The minimum atomic E-state index is 0.380. The first-order chi connectivity index (χ1) is 9.13. The minimum Gasteiger partial charge on any atom is -0.316 e. The SMILES string of the molecule is CCCCC(CC)C(Cc1ncnn1C(C)C)NC. The molecule has 4 heteroatoms. The van der Waals surface area contributed by atoms with Gasteiger partial charge in [-0.25, -0.2) is 9.67 Å². The summed E-state index contributed by atoms with van der Waals surface area (Å²) in [6.45, 7) is 8.86. The molecule has 0 saturated carbocycles. The third-order valence-corrected chi connectivity index (χ3v) is 3.93. The molecule has 1 N–H and O–H groups in total. The molecule has 110 valence electrons. The monoisotopic (exact) mass is 266 g/mol. The molecule has 0 amide bonds. The highest BCUT2D eigenvalue weighted by atomic mass is 15.3. The molecule has 1 aromatic heterocycles. The van der Waals surface area contributed by atoms with Crippen molar-refractivity contribution in [1.29, 1.82) is 0 Å². The lowest BCUT2D eigenvalue weighted by molar-refractivity contribution is 0.320. The van der Waals surface area contributed by atoms with Crippen molar-refractivity contribution in [3.05, 3.63) is 12.2 Å². The Morgan fingerprint density at radius 2 is 2.05 bits per heavy atom. The standard InChI is InChI=1S/C15H30N4/c1-6-8-9-13(7-2)14(16-5)10-15-17-11-18-19(15)12(3)4/h11-14,16H,6-10H2,1-5H3. The maximum atomic E-state index is 4.43. The Kier molecular flexibility index (Phi) is 7.06. The smallest absolute Gasteiger partial charge is 0.138 e. The number of nitrogens with one attached hydrogen (secondary N) is 1. The molecule has 1 heterocycles. The first kappa shape index (κ1) is 16.2. The molecule has 0 aliphatic heterocycles. The van der Waals surface area contributed by atoms with Gasteiger partial charge in [0.25, 0.3) is 0 Å². The van der Waals surface area contributed by atoms with Gasteiger partial charge in [-0.1, -0.05) is 33.1 Å². The van der Waals surface area contributed by atoms with Gasteiger partial charge in [-0.3, -0.25) is 0 Å². The van der Waals surface area contributed by atoms with E-state index in [1.165, 1.54) is 25.7 Å². The Hall–Kier alpha value is -0.900. The highest BCUT2D eigenvalue weighted by molar-refractivity contribution is 4.93. The molecular formula is C15H30N4. The van der Waals surface area contributed by atoms with E-state index in [1.54, 1.807) is 6.33 Å². The Bertz CT molecular complexity index is 346. The fraction of sp³-hybridized carbons (Fsp3) is 0.867. The first-order valence-electron chi connectivity index (χ1n) is 7.69. The predicted octanol–water partition coefficient (Wildman–Crippen LogP) is 3.21. The van der Waals surface area contributed by atoms with Crippen molar-refractivity contribution in [3.8, 4) is 0 Å². The molecule has 0 bridgehead atoms. The topological polar surface area (TPSA) is 42.7 Å². The van der Waals surface area contributed by atoms with E-state index in [4.69, 9.17) is 0 Å². The molecule has 0 aliphatic rings. The second-order valence-electron chi connectivity index (χ2n) is 5.62. The van der Waals surface area contributed by atoms with Gasteiger partial charge in [-0.15, -0.1) is 0 Å². The predicted molar refractivity (Wildman–Crippen MR) is 80.3 cm³/mol. The maximum absolute atomic E-state index is 4.43. The third kappa shape index (κ3) is 4.60. The van der Waals surface area contributed by atoms with E-state index in [9.17, 15) is 0 Å². The van der Waals surface area contributed by atoms with Crippen molar-refractivity contribution in [2.24, 2.45) is 5.92 Å². The van der Waals surface area contributed by atoms with E-state index >= 15 is 0 Å². The summed E-state index contributed by atoms with van der Waals surface area (Å²) in [5, 5.41) is 7.81. The van der Waals surface area contributed by atoms with Crippen LogP contribution in [0.1, 0.15) is 65.2 Å². The van der Waals surface area contributed by atoms with Gasteiger partial charge < -0.3 is 5.32 Å². The van der Waals surface area contributed by atoms with Crippen LogP contribution in [0.15, 0.2) is 6.33 Å². The van der Waals surface area contributed by atoms with E-state index < -0.39 is 0 Å². The zero-order chi connectivity index (χ0) is 14.3. The largest absolute Gasteiger partial charge is 0.316 e. The molecule has 0 aromatic carbocycles. The molecule has 19 heavy (non-hydrogen) atoms. The van der Waals surface area contributed by atoms with Crippen LogP contribution in [0.4, 0.5) is 0 Å². The normalized spacial score (nSPS) is 14.8. The molecule has 2 unspecified atom stereocenters. The van der Waals surface area contributed by atoms with E-state index in [2.05, 4.69) is 50.1 Å². The van der Waals surface area contributed by atoms with Gasteiger partial charge >= 0.3 is 0 Å². The maximum Gasteiger partial charge on any atom is 0.138 e. The lowest BCUT2D eigenvalue weighted by atomic mass is 9.89. The van der Waals surface area contributed by atoms with Crippen LogP contribution >= 0.6 is 0 Å². The quantitative estimate of drug-likeness (QED) is 0.746. The molecule has 2 atom stereocenters. The molecular weight excluding hydrogens is 236 g/mol. The zero-order valence-corrected chi connectivity index (χ0v) is 13.2. The molecule has 4 nitrogen and oxygen atoms in total. The van der Waals surface area contributed by atoms with Crippen LogP contribution in [-0.4, -0.2) is 27.9 Å². The summed E-state index contributed by atoms with van der Waals surface area (Å²) >= 11 is 0. The number of likely N-dealkylation sites (N-methyl/N-ethyl adjacent to an activating group) is 1. The van der Waals surface area contributed by atoms with E-state index in [0.29, 0.717) is 12.1 Å². The molecule has 0 fully saturated rings. The van der Waals surface area contributed by atoms with Crippen molar-refractivity contribution < 1.29 is 0 Å². The van der Waals surface area contributed by atoms with Crippen LogP contribution in [0.25, 0.3) is 0 Å². The van der Waals surface area contributed by atoms with Crippen LogP contribution in [0, 0.1) is 5.92 Å². The number of nitrogens with zero attached hydrogens (tertiary/aromatic N) is 3. The summed E-state index contributed by atoms with van der Waals surface area (Å²) < 4.78 is 2.04. The zero-order valence-electron chi connectivity index (χ0n) is 13.2. The second-order valence-corrected chi connectivity index (χ2v) is 5.62. The van der Waals surface area contributed by atoms with Crippen molar-refractivity contribution in [1.82, 2.24) is 20.1 Å². The van der Waals surface area contributed by atoms with E-state index in [0.717, 1.165) is 18.2 Å². The van der Waals surface area contributed by atoms with Crippen LogP contribution in [0.2, 0.25) is 0 Å². The lowest BCUT2D eigenvalue weighted by Gasteiger charge is -2.26. The average molecular weight is 266 g/mol. The fourth-order valence-corrected chi connectivity index (χ4v) is 2.71. The summed E-state index contributed by atoms with van der Waals surface area (Å²) in [6.07, 6.45) is 7.75. The van der Waals surface area contributed by atoms with Crippen LogP contribution < -0.4 is 5.32 Å². The van der Waals surface area contributed by atoms with Crippen LogP contribution in [0.5, 0.6) is 0 Å². The number of hydrogen-bond acceptors (Lipinski definition) is 3. The van der Waals surface area contributed by atoms with Gasteiger partial charge in [0.05, 0.1) is 0 Å². The Morgan fingerprint density at radius 1 is 1.32 bits per heavy atom. The number of aromatic nitrogens is 3. The highest BCUT2D eigenvalue weighted by Crippen LogP contribution is 2.20. The van der Waals surface area contributed by atoms with Gasteiger partial charge in [-0.05, 0) is 33.2 Å². The fourth-order valence-electron chi connectivity index (χ4n) is 2.71. The van der Waals surface area contributed by atoms with Gasteiger partial charge in [0.1, 0.15) is 12.2 Å². The van der Waals surface area contributed by atoms with Gasteiger partial charge in [0, 0.05) is 18.5 Å². The van der Waals surface area contributed by atoms with Gasteiger partial charge in [0.15, 0.2) is 0 Å². The second kappa shape index (κ2) is 8.31. The lowest BCUT2D eigenvalue weighted by Crippen LogP contribution is -2.36. The summed E-state index contributed by atoms with van der Waals surface area (Å²) in [7, 11) is 2.06. The molecule has 0 spiro atoms. The minimum absolute atomic E-state index is 0.380. The number of hydrogen-bond donors (Lipinski definition) is 1. The summed E-state index contributed by atoms with van der Waals surface area (Å²) in [6, 6.07) is 0.879. The first-order valence-corrected chi connectivity index (χ1v) is 7.69. The Balaban J connectivity index is 2.71. The molecule has 0 aliphatic carbocycles. The van der Waals surface area contributed by atoms with E-state index in [1.807, 2.05) is 4.68 Å². The Morgan fingerprint density at radius 3 is 2.58 bits per heavy atom. The average Bonchev–Trinajstić information content (AvgIpc) is 2.86. The summed E-state index contributed by atoms with van der Waals surface area (Å²) in [5.74, 6) is 1.83. The van der Waals surface area contributed by atoms with E-state index in [-0.39, 0.29) is 0 Å². The summed E-state index contributed by atoms with van der Waals surface area (Å²) in [5.41, 5.74) is 0. The van der Waals surface area contributed by atoms with Crippen molar-refractivity contribution in [3.63, 3.8) is 0 Å². The molecule has 0 saturated heterocycles. The van der Waals surface area contributed by atoms with Gasteiger partial charge in [-0.2, -0.15) is 5.10 Å². The number of unbranched alkanes of at least 4 members (excludes halogenated alkanes) is 1. The summed E-state index contributed by atoms with van der Waals surface area (Å²) in [4.78, 5) is 4.43.